The minimum Gasteiger partial charge on any atom is -0.343 e. The Hall–Kier alpha value is -3.16. The van der Waals surface area contributed by atoms with E-state index in [9.17, 15) is 9.59 Å². The molecule has 0 saturated carbocycles. The number of nitrogens with zero attached hydrogens (tertiary/aromatic N) is 2. The molecule has 0 radical (unpaired) electrons. The largest absolute Gasteiger partial charge is 0.343 e. The minimum absolute atomic E-state index is 0.271. The van der Waals surface area contributed by atoms with Gasteiger partial charge in [0, 0.05) is 56.0 Å². The maximum absolute atomic E-state index is 13.3. The zero-order valence-electron chi connectivity index (χ0n) is 18.5. The predicted molar refractivity (Wildman–Crippen MR) is 142 cm³/mol. The standard InChI is InChI=1S/C26H18Cl4N4O2/c27-19-9-17(10-20(28)13-19)25(35)33-23(15-1-5-31-6-2-15)24(16-3-7-32-8-4-16)34-26(36)18-11-21(29)14-22(30)12-18/h1-14,23-24H,(H,33,35)(H,34,36). The molecule has 36 heavy (non-hydrogen) atoms. The van der Waals surface area contributed by atoms with Crippen molar-refractivity contribution in [3.8, 4) is 0 Å². The van der Waals surface area contributed by atoms with Crippen molar-refractivity contribution in [2.24, 2.45) is 0 Å². The van der Waals surface area contributed by atoms with Crippen LogP contribution in [0.5, 0.6) is 0 Å². The molecule has 0 spiro atoms. The average molecular weight is 560 g/mol. The van der Waals surface area contributed by atoms with Crippen LogP contribution < -0.4 is 10.6 Å². The molecule has 2 aromatic heterocycles. The summed E-state index contributed by atoms with van der Waals surface area (Å²) in [4.78, 5) is 34.8. The molecule has 2 heterocycles. The van der Waals surface area contributed by atoms with Crippen molar-refractivity contribution < 1.29 is 9.59 Å². The molecule has 2 N–H and O–H groups in total. The van der Waals surface area contributed by atoms with Gasteiger partial charge >= 0.3 is 0 Å². The van der Waals surface area contributed by atoms with Gasteiger partial charge in [0.25, 0.3) is 11.8 Å². The zero-order valence-corrected chi connectivity index (χ0v) is 21.5. The highest BCUT2D eigenvalue weighted by atomic mass is 35.5. The molecule has 0 saturated heterocycles. The molecule has 0 aliphatic heterocycles. The van der Waals surface area contributed by atoms with Crippen LogP contribution in [0.1, 0.15) is 43.9 Å². The number of amides is 2. The van der Waals surface area contributed by atoms with Crippen LogP contribution in [0.2, 0.25) is 20.1 Å². The number of aromatic nitrogens is 2. The summed E-state index contributed by atoms with van der Waals surface area (Å²) in [6.07, 6.45) is 6.42. The molecule has 0 fully saturated rings. The lowest BCUT2D eigenvalue weighted by atomic mass is 9.93. The second-order valence-electron chi connectivity index (χ2n) is 7.78. The lowest BCUT2D eigenvalue weighted by Gasteiger charge is -2.30. The van der Waals surface area contributed by atoms with Crippen LogP contribution in [0.3, 0.4) is 0 Å². The molecule has 2 aromatic carbocycles. The number of carbonyl (C=O) groups is 2. The molecule has 0 bridgehead atoms. The summed E-state index contributed by atoms with van der Waals surface area (Å²) in [6.45, 7) is 0. The van der Waals surface area contributed by atoms with Gasteiger partial charge in [0.15, 0.2) is 0 Å². The van der Waals surface area contributed by atoms with Gasteiger partial charge in [-0.1, -0.05) is 46.4 Å². The fourth-order valence-electron chi connectivity index (χ4n) is 3.68. The van der Waals surface area contributed by atoms with E-state index in [1.165, 1.54) is 36.4 Å². The summed E-state index contributed by atoms with van der Waals surface area (Å²) in [5.74, 6) is -0.861. The molecule has 6 nitrogen and oxygen atoms in total. The molecular weight excluding hydrogens is 542 g/mol. The molecule has 10 heteroatoms. The smallest absolute Gasteiger partial charge is 0.251 e. The van der Waals surface area contributed by atoms with Gasteiger partial charge in [0.05, 0.1) is 12.1 Å². The Morgan fingerprint density at radius 2 is 0.861 bits per heavy atom. The van der Waals surface area contributed by atoms with Gasteiger partial charge in [0.2, 0.25) is 0 Å². The van der Waals surface area contributed by atoms with Crippen molar-refractivity contribution in [2.75, 3.05) is 0 Å². The molecule has 0 aliphatic carbocycles. The number of hydrogen-bond acceptors (Lipinski definition) is 4. The van der Waals surface area contributed by atoms with E-state index in [1.807, 2.05) is 0 Å². The maximum atomic E-state index is 13.3. The quantitative estimate of drug-likeness (QED) is 0.263. The van der Waals surface area contributed by atoms with E-state index in [0.717, 1.165) is 0 Å². The third-order valence-corrected chi connectivity index (χ3v) is 6.16. The molecule has 4 aromatic rings. The normalized spacial score (nSPS) is 12.4. The first kappa shape index (κ1) is 25.9. The summed E-state index contributed by atoms with van der Waals surface area (Å²) in [6, 6.07) is 14.7. The van der Waals surface area contributed by atoms with Crippen LogP contribution in [0.15, 0.2) is 85.5 Å². The van der Waals surface area contributed by atoms with E-state index in [0.29, 0.717) is 31.2 Å². The fourth-order valence-corrected chi connectivity index (χ4v) is 4.73. The number of carbonyl (C=O) groups excluding carboxylic acids is 2. The summed E-state index contributed by atoms with van der Waals surface area (Å²) < 4.78 is 0. The minimum atomic E-state index is -0.709. The summed E-state index contributed by atoms with van der Waals surface area (Å²) in [5.41, 5.74) is 1.95. The molecular formula is C26H18Cl4N4O2. The highest BCUT2D eigenvalue weighted by Crippen LogP contribution is 2.30. The maximum Gasteiger partial charge on any atom is 0.251 e. The Morgan fingerprint density at radius 1 is 0.556 bits per heavy atom. The van der Waals surface area contributed by atoms with Gasteiger partial charge in [-0.05, 0) is 71.8 Å². The number of nitrogens with one attached hydrogen (secondary N) is 2. The molecule has 0 aliphatic rings. The van der Waals surface area contributed by atoms with Gasteiger partial charge in [-0.2, -0.15) is 0 Å². The van der Waals surface area contributed by atoms with E-state index in [-0.39, 0.29) is 11.1 Å². The van der Waals surface area contributed by atoms with Crippen molar-refractivity contribution in [3.63, 3.8) is 0 Å². The summed E-state index contributed by atoms with van der Waals surface area (Å²) >= 11 is 24.4. The highest BCUT2D eigenvalue weighted by Gasteiger charge is 2.29. The van der Waals surface area contributed by atoms with Crippen LogP contribution in [0, 0.1) is 0 Å². The molecule has 182 valence electrons. The van der Waals surface area contributed by atoms with Crippen molar-refractivity contribution in [1.29, 1.82) is 0 Å². The van der Waals surface area contributed by atoms with Crippen LogP contribution in [0.25, 0.3) is 0 Å². The molecule has 2 unspecified atom stereocenters. The van der Waals surface area contributed by atoms with Crippen molar-refractivity contribution in [2.45, 2.75) is 12.1 Å². The van der Waals surface area contributed by atoms with E-state index in [2.05, 4.69) is 20.6 Å². The number of halogens is 4. The first-order valence-electron chi connectivity index (χ1n) is 10.6. The van der Waals surface area contributed by atoms with Gasteiger partial charge < -0.3 is 10.6 Å². The SMILES string of the molecule is O=C(NC(c1ccncc1)C(NC(=O)c1cc(Cl)cc(Cl)c1)c1ccncc1)c1cc(Cl)cc(Cl)c1. The van der Waals surface area contributed by atoms with E-state index in [1.54, 1.807) is 49.1 Å². The van der Waals surface area contributed by atoms with Gasteiger partial charge in [-0.15, -0.1) is 0 Å². The van der Waals surface area contributed by atoms with Crippen LogP contribution in [-0.4, -0.2) is 21.8 Å². The van der Waals surface area contributed by atoms with E-state index >= 15 is 0 Å². The molecule has 2 atom stereocenters. The number of rotatable bonds is 7. The third-order valence-electron chi connectivity index (χ3n) is 5.29. The van der Waals surface area contributed by atoms with Crippen LogP contribution in [0.4, 0.5) is 0 Å². The number of pyridine rings is 2. The Morgan fingerprint density at radius 3 is 1.17 bits per heavy atom. The second-order valence-corrected chi connectivity index (χ2v) is 9.53. The van der Waals surface area contributed by atoms with E-state index < -0.39 is 23.9 Å². The highest BCUT2D eigenvalue weighted by molar-refractivity contribution is 6.35. The fraction of sp³-hybridized carbons (Fsp3) is 0.0769. The molecule has 2 amide bonds. The van der Waals surface area contributed by atoms with Gasteiger partial charge in [0.1, 0.15) is 0 Å². The van der Waals surface area contributed by atoms with Gasteiger partial charge in [-0.25, -0.2) is 0 Å². The van der Waals surface area contributed by atoms with E-state index in [4.69, 9.17) is 46.4 Å². The zero-order chi connectivity index (χ0) is 25.7. The monoisotopic (exact) mass is 558 g/mol. The Balaban J connectivity index is 1.75. The number of benzene rings is 2. The summed E-state index contributed by atoms with van der Waals surface area (Å²) in [5, 5.41) is 7.32. The number of hydrogen-bond donors (Lipinski definition) is 2. The molecule has 4 rings (SSSR count). The Bertz CT molecular complexity index is 1240. The van der Waals surface area contributed by atoms with Crippen LogP contribution >= 0.6 is 46.4 Å². The first-order chi connectivity index (χ1) is 17.3. The third kappa shape index (κ3) is 6.53. The predicted octanol–water partition coefficient (Wildman–Crippen LogP) is 6.73. The average Bonchev–Trinajstić information content (AvgIpc) is 2.85. The second kappa shape index (κ2) is 11.7. The van der Waals surface area contributed by atoms with Crippen molar-refractivity contribution in [3.05, 3.63) is 128 Å². The van der Waals surface area contributed by atoms with Crippen molar-refractivity contribution in [1.82, 2.24) is 20.6 Å². The van der Waals surface area contributed by atoms with Crippen molar-refractivity contribution >= 4 is 58.2 Å². The Kier molecular flexibility index (Phi) is 8.44. The topological polar surface area (TPSA) is 84.0 Å². The lowest BCUT2D eigenvalue weighted by Crippen LogP contribution is -2.41. The van der Waals surface area contributed by atoms with Crippen LogP contribution in [-0.2, 0) is 0 Å². The lowest BCUT2D eigenvalue weighted by molar-refractivity contribution is 0.0881. The van der Waals surface area contributed by atoms with Gasteiger partial charge in [-0.3, -0.25) is 19.6 Å². The Labute approximate surface area is 227 Å². The summed E-state index contributed by atoms with van der Waals surface area (Å²) in [7, 11) is 0. The first-order valence-corrected chi connectivity index (χ1v) is 12.1.